The molecule has 7 heteroatoms. The quantitative estimate of drug-likeness (QED) is 0.588. The topological polar surface area (TPSA) is 84.5 Å². The van der Waals surface area contributed by atoms with Crippen LogP contribution in [0.15, 0.2) is 65.0 Å². The molecule has 5 rings (SSSR count). The second-order valence-electron chi connectivity index (χ2n) is 9.27. The molecular formula is C28H27ClN2O4. The first-order valence-corrected chi connectivity index (χ1v) is 12.4. The molecule has 6 nitrogen and oxygen atoms in total. The van der Waals surface area contributed by atoms with Gasteiger partial charge in [0.05, 0.1) is 0 Å². The van der Waals surface area contributed by atoms with Crippen molar-refractivity contribution in [2.45, 2.75) is 51.4 Å². The first kappa shape index (κ1) is 23.4. The number of hydrogen-bond acceptors (Lipinski definition) is 5. The number of halogens is 1. The van der Waals surface area contributed by atoms with Gasteiger partial charge in [-0.25, -0.2) is 0 Å². The van der Waals surface area contributed by atoms with Crippen molar-refractivity contribution in [3.63, 3.8) is 0 Å². The minimum atomic E-state index is -0.342. The lowest BCUT2D eigenvalue weighted by molar-refractivity contribution is -0.118. The van der Waals surface area contributed by atoms with Gasteiger partial charge in [0.1, 0.15) is 5.75 Å². The van der Waals surface area contributed by atoms with Gasteiger partial charge in [-0.05, 0) is 68.0 Å². The molecule has 3 aliphatic rings. The zero-order valence-corrected chi connectivity index (χ0v) is 20.3. The van der Waals surface area contributed by atoms with E-state index < -0.39 is 0 Å². The van der Waals surface area contributed by atoms with Gasteiger partial charge in [-0.3, -0.25) is 14.4 Å². The molecule has 1 amide bonds. The lowest BCUT2D eigenvalue weighted by atomic mass is 9.71. The van der Waals surface area contributed by atoms with E-state index in [1.54, 1.807) is 24.3 Å². The molecular weight excluding hydrogens is 464 g/mol. The van der Waals surface area contributed by atoms with Crippen LogP contribution < -0.4 is 15.4 Å². The molecule has 1 heterocycles. The standard InChI is InChI=1S/C28H27ClN2O4/c1-16-8-11-18(14-20(16)29)30-25(34)15-35-19-12-9-17(10-13-19)26-27-21(4-2-6-23(27)32)31-22-5-3-7-24(33)28(22)26/h8-14,26,31H,2-7,15H2,1H3,(H,30,34). The van der Waals surface area contributed by atoms with E-state index in [9.17, 15) is 14.4 Å². The number of dihydropyridines is 1. The number of anilines is 1. The summed E-state index contributed by atoms with van der Waals surface area (Å²) in [7, 11) is 0. The SMILES string of the molecule is Cc1ccc(NC(=O)COc2ccc(C3C4=C(CCCC4=O)NC4=C3C(=O)CCC4)cc2)cc1Cl. The first-order chi connectivity index (χ1) is 16.9. The Morgan fingerprint density at radius 3 is 2.20 bits per heavy atom. The highest BCUT2D eigenvalue weighted by Gasteiger charge is 2.40. The molecule has 0 saturated carbocycles. The average molecular weight is 491 g/mol. The molecule has 2 N–H and O–H groups in total. The number of allylic oxidation sites excluding steroid dienone is 4. The number of amides is 1. The van der Waals surface area contributed by atoms with Crippen molar-refractivity contribution in [1.82, 2.24) is 5.32 Å². The van der Waals surface area contributed by atoms with Gasteiger partial charge >= 0.3 is 0 Å². The Balaban J connectivity index is 1.32. The van der Waals surface area contributed by atoms with Crippen molar-refractivity contribution in [3.8, 4) is 5.75 Å². The fourth-order valence-electron chi connectivity index (χ4n) is 5.09. The summed E-state index contributed by atoms with van der Waals surface area (Å²) < 4.78 is 5.68. The van der Waals surface area contributed by atoms with Gasteiger partial charge in [-0.2, -0.15) is 0 Å². The van der Waals surface area contributed by atoms with Crippen LogP contribution in [-0.2, 0) is 14.4 Å². The molecule has 0 aromatic heterocycles. The van der Waals surface area contributed by atoms with Gasteiger partial charge in [-0.15, -0.1) is 0 Å². The normalized spacial score (nSPS) is 18.1. The molecule has 2 aromatic carbocycles. The van der Waals surface area contributed by atoms with E-state index in [0.717, 1.165) is 59.4 Å². The van der Waals surface area contributed by atoms with Gasteiger partial charge < -0.3 is 15.4 Å². The van der Waals surface area contributed by atoms with Crippen LogP contribution in [0.3, 0.4) is 0 Å². The third-order valence-electron chi connectivity index (χ3n) is 6.83. The van der Waals surface area contributed by atoms with E-state index in [0.29, 0.717) is 29.3 Å². The zero-order chi connectivity index (χ0) is 24.5. The fourth-order valence-corrected chi connectivity index (χ4v) is 5.27. The van der Waals surface area contributed by atoms with Crippen LogP contribution in [0.5, 0.6) is 5.75 Å². The predicted octanol–water partition coefficient (Wildman–Crippen LogP) is 5.37. The van der Waals surface area contributed by atoms with Gasteiger partial charge in [0, 0.05) is 52.0 Å². The average Bonchev–Trinajstić information content (AvgIpc) is 2.84. The maximum absolute atomic E-state index is 12.9. The zero-order valence-electron chi connectivity index (χ0n) is 19.6. The number of benzene rings is 2. The van der Waals surface area contributed by atoms with Crippen LogP contribution in [0.2, 0.25) is 5.02 Å². The van der Waals surface area contributed by atoms with E-state index in [1.165, 1.54) is 0 Å². The smallest absolute Gasteiger partial charge is 0.262 e. The lowest BCUT2D eigenvalue weighted by Gasteiger charge is -2.37. The van der Waals surface area contributed by atoms with E-state index in [4.69, 9.17) is 16.3 Å². The molecule has 0 bridgehead atoms. The Morgan fingerprint density at radius 2 is 1.60 bits per heavy atom. The summed E-state index contributed by atoms with van der Waals surface area (Å²) in [5, 5.41) is 6.79. The van der Waals surface area contributed by atoms with Gasteiger partial charge in [-0.1, -0.05) is 29.8 Å². The number of aryl methyl sites for hydroxylation is 1. The second-order valence-corrected chi connectivity index (χ2v) is 9.67. The lowest BCUT2D eigenvalue weighted by Crippen LogP contribution is -2.36. The second kappa shape index (κ2) is 9.70. The van der Waals surface area contributed by atoms with Crippen molar-refractivity contribution >= 4 is 34.8 Å². The summed E-state index contributed by atoms with van der Waals surface area (Å²) in [5.74, 6) is 0.125. The van der Waals surface area contributed by atoms with E-state index >= 15 is 0 Å². The van der Waals surface area contributed by atoms with Crippen LogP contribution in [-0.4, -0.2) is 24.1 Å². The maximum Gasteiger partial charge on any atom is 0.262 e. The summed E-state index contributed by atoms with van der Waals surface area (Å²) in [5.41, 5.74) is 5.83. The number of ether oxygens (including phenoxy) is 1. The highest BCUT2D eigenvalue weighted by Crippen LogP contribution is 2.45. The van der Waals surface area contributed by atoms with Crippen LogP contribution in [0, 0.1) is 6.92 Å². The monoisotopic (exact) mass is 490 g/mol. The van der Waals surface area contributed by atoms with Crippen molar-refractivity contribution < 1.29 is 19.1 Å². The van der Waals surface area contributed by atoms with Crippen molar-refractivity contribution in [1.29, 1.82) is 0 Å². The number of hydrogen-bond donors (Lipinski definition) is 2. The minimum absolute atomic E-state index is 0.113. The van der Waals surface area contributed by atoms with Crippen LogP contribution in [0.4, 0.5) is 5.69 Å². The Bertz CT molecular complexity index is 1230. The van der Waals surface area contributed by atoms with Crippen molar-refractivity contribution in [3.05, 3.63) is 81.2 Å². The van der Waals surface area contributed by atoms with E-state index in [1.807, 2.05) is 25.1 Å². The predicted molar refractivity (Wildman–Crippen MR) is 134 cm³/mol. The molecule has 0 atom stereocenters. The maximum atomic E-state index is 12.9. The highest BCUT2D eigenvalue weighted by atomic mass is 35.5. The van der Waals surface area contributed by atoms with E-state index in [2.05, 4.69) is 10.6 Å². The number of rotatable bonds is 5. The molecule has 0 saturated heterocycles. The Labute approximate surface area is 209 Å². The Hall–Kier alpha value is -3.38. The summed E-state index contributed by atoms with van der Waals surface area (Å²) in [6.07, 6.45) is 4.33. The molecule has 180 valence electrons. The Morgan fingerprint density at radius 1 is 0.971 bits per heavy atom. The summed E-state index contributed by atoms with van der Waals surface area (Å²) >= 11 is 6.12. The van der Waals surface area contributed by atoms with Crippen LogP contribution in [0.25, 0.3) is 0 Å². The number of Topliss-reactive ketones (excluding diaryl/α,β-unsaturated/α-hetero) is 2. The van der Waals surface area contributed by atoms with E-state index in [-0.39, 0.29) is 30.0 Å². The molecule has 35 heavy (non-hydrogen) atoms. The van der Waals surface area contributed by atoms with Crippen LogP contribution >= 0.6 is 11.6 Å². The number of nitrogens with one attached hydrogen (secondary N) is 2. The summed E-state index contributed by atoms with van der Waals surface area (Å²) in [6, 6.07) is 12.7. The third kappa shape index (κ3) is 4.76. The fraction of sp³-hybridized carbons (Fsp3) is 0.321. The van der Waals surface area contributed by atoms with Crippen molar-refractivity contribution in [2.24, 2.45) is 0 Å². The minimum Gasteiger partial charge on any atom is -0.484 e. The third-order valence-corrected chi connectivity index (χ3v) is 7.24. The van der Waals surface area contributed by atoms with Crippen molar-refractivity contribution in [2.75, 3.05) is 11.9 Å². The number of carbonyl (C=O) groups excluding carboxylic acids is 3. The van der Waals surface area contributed by atoms with Gasteiger partial charge in [0.15, 0.2) is 18.2 Å². The molecule has 2 aliphatic carbocycles. The molecule has 0 radical (unpaired) electrons. The molecule has 0 unspecified atom stereocenters. The molecule has 1 aliphatic heterocycles. The number of carbonyl (C=O) groups is 3. The molecule has 0 fully saturated rings. The molecule has 0 spiro atoms. The first-order valence-electron chi connectivity index (χ1n) is 12.0. The highest BCUT2D eigenvalue weighted by molar-refractivity contribution is 6.31. The Kier molecular flexibility index (Phi) is 6.48. The summed E-state index contributed by atoms with van der Waals surface area (Å²) in [6.45, 7) is 1.74. The number of ketones is 2. The van der Waals surface area contributed by atoms with Gasteiger partial charge in [0.25, 0.3) is 5.91 Å². The van der Waals surface area contributed by atoms with Crippen LogP contribution in [0.1, 0.15) is 55.6 Å². The molecule has 2 aromatic rings. The van der Waals surface area contributed by atoms with Gasteiger partial charge in [0.2, 0.25) is 0 Å². The summed E-state index contributed by atoms with van der Waals surface area (Å²) in [4.78, 5) is 38.1. The largest absolute Gasteiger partial charge is 0.484 e.